The van der Waals surface area contributed by atoms with Crippen LogP contribution in [0.2, 0.25) is 5.02 Å². The molecule has 194 valence electrons. The molecule has 2 aromatic rings. The lowest BCUT2D eigenvalue weighted by atomic mass is 10.0. The minimum Gasteiger partial charge on any atom is -0.359 e. The summed E-state index contributed by atoms with van der Waals surface area (Å²) in [7, 11) is 3.18. The number of hydrogen-bond acceptors (Lipinski definition) is 4. The van der Waals surface area contributed by atoms with Crippen molar-refractivity contribution in [2.75, 3.05) is 23.9 Å². The summed E-state index contributed by atoms with van der Waals surface area (Å²) in [6.45, 7) is 7.67. The third-order valence-corrected chi connectivity index (χ3v) is 6.06. The van der Waals surface area contributed by atoms with E-state index in [9.17, 15) is 14.0 Å². The zero-order valence-corrected chi connectivity index (χ0v) is 23.3. The maximum absolute atomic E-state index is 14.9. The first-order valence-electron chi connectivity index (χ1n) is 11.7. The molecule has 2 rings (SSSR count). The van der Waals surface area contributed by atoms with Crippen LogP contribution < -0.4 is 15.1 Å². The molecule has 0 aliphatic rings. The molecular formula is C27H34ClFN4O2S. The van der Waals surface area contributed by atoms with E-state index in [4.69, 9.17) is 29.1 Å². The maximum Gasteiger partial charge on any atom is 0.219 e. The Morgan fingerprint density at radius 2 is 1.81 bits per heavy atom. The largest absolute Gasteiger partial charge is 0.359 e. The van der Waals surface area contributed by atoms with Crippen LogP contribution in [0.1, 0.15) is 58.1 Å². The van der Waals surface area contributed by atoms with Gasteiger partial charge in [0.05, 0.1) is 21.8 Å². The van der Waals surface area contributed by atoms with Crippen molar-refractivity contribution < 1.29 is 14.0 Å². The summed E-state index contributed by atoms with van der Waals surface area (Å²) in [6, 6.07) is 12.2. The number of nitrogens with one attached hydrogen (secondary N) is 1. The Labute approximate surface area is 224 Å². The molecule has 0 radical (unpaired) electrons. The molecule has 0 unspecified atom stereocenters. The SMILES string of the molecule is CCC.CNC(=O)CCCc1ccc(N(C(=S)N(C)c2ccc(C#N)c(Cl)c2F)C(C)(C)C=O)cc1. The zero-order valence-electron chi connectivity index (χ0n) is 21.7. The van der Waals surface area contributed by atoms with Gasteiger partial charge in [0, 0.05) is 26.2 Å². The van der Waals surface area contributed by atoms with Gasteiger partial charge in [-0.2, -0.15) is 5.26 Å². The van der Waals surface area contributed by atoms with Crippen LogP contribution in [-0.4, -0.2) is 36.9 Å². The van der Waals surface area contributed by atoms with E-state index >= 15 is 0 Å². The number of aldehydes is 1. The number of aryl methyl sites for hydroxylation is 1. The van der Waals surface area contributed by atoms with Gasteiger partial charge in [-0.25, -0.2) is 4.39 Å². The molecule has 0 aromatic heterocycles. The van der Waals surface area contributed by atoms with Crippen LogP contribution >= 0.6 is 23.8 Å². The van der Waals surface area contributed by atoms with Crippen molar-refractivity contribution in [2.24, 2.45) is 0 Å². The average molecular weight is 533 g/mol. The molecule has 1 N–H and O–H groups in total. The third-order valence-electron chi connectivity index (χ3n) is 5.23. The number of nitriles is 1. The number of nitrogens with zero attached hydrogens (tertiary/aromatic N) is 3. The molecule has 0 spiro atoms. The van der Waals surface area contributed by atoms with Crippen LogP contribution in [0.4, 0.5) is 15.8 Å². The second kappa shape index (κ2) is 14.5. The number of benzene rings is 2. The predicted molar refractivity (Wildman–Crippen MR) is 149 cm³/mol. The molecule has 0 heterocycles. The van der Waals surface area contributed by atoms with E-state index < -0.39 is 11.4 Å². The monoisotopic (exact) mass is 532 g/mol. The summed E-state index contributed by atoms with van der Waals surface area (Å²) in [6.07, 6.45) is 3.90. The Morgan fingerprint density at radius 3 is 2.31 bits per heavy atom. The number of thiocarbonyl (C=S) groups is 1. The molecule has 1 amide bonds. The summed E-state index contributed by atoms with van der Waals surface area (Å²) < 4.78 is 14.9. The number of anilines is 2. The predicted octanol–water partition coefficient (Wildman–Crippen LogP) is 6.04. The van der Waals surface area contributed by atoms with Crippen LogP contribution in [0.25, 0.3) is 0 Å². The van der Waals surface area contributed by atoms with Gasteiger partial charge in [-0.3, -0.25) is 4.79 Å². The first kappa shape index (κ1) is 31.0. The van der Waals surface area contributed by atoms with E-state index in [2.05, 4.69) is 19.2 Å². The summed E-state index contributed by atoms with van der Waals surface area (Å²) in [5.74, 6) is -0.773. The van der Waals surface area contributed by atoms with E-state index in [0.717, 1.165) is 18.3 Å². The third kappa shape index (κ3) is 8.00. The van der Waals surface area contributed by atoms with Crippen LogP contribution in [-0.2, 0) is 16.0 Å². The van der Waals surface area contributed by atoms with Crippen molar-refractivity contribution >= 4 is 52.5 Å². The Bertz CT molecular complexity index is 1100. The van der Waals surface area contributed by atoms with Gasteiger partial charge in [0.2, 0.25) is 5.91 Å². The van der Waals surface area contributed by atoms with Crippen molar-refractivity contribution in [3.63, 3.8) is 0 Å². The fourth-order valence-electron chi connectivity index (χ4n) is 3.27. The van der Waals surface area contributed by atoms with Crippen molar-refractivity contribution in [3.8, 4) is 6.07 Å². The van der Waals surface area contributed by atoms with Gasteiger partial charge in [0.1, 0.15) is 12.4 Å². The molecule has 6 nitrogen and oxygen atoms in total. The van der Waals surface area contributed by atoms with Crippen LogP contribution in [0.3, 0.4) is 0 Å². The molecule has 0 atom stereocenters. The number of carbonyl (C=O) groups excluding carboxylic acids is 2. The van der Waals surface area contributed by atoms with E-state index in [-0.39, 0.29) is 27.3 Å². The molecule has 36 heavy (non-hydrogen) atoms. The first-order chi connectivity index (χ1) is 17.0. The Morgan fingerprint density at radius 1 is 1.22 bits per heavy atom. The first-order valence-corrected chi connectivity index (χ1v) is 12.5. The molecule has 9 heteroatoms. The van der Waals surface area contributed by atoms with Gasteiger partial charge in [-0.05, 0) is 68.7 Å². The molecule has 0 aliphatic heterocycles. The Hall–Kier alpha value is -3.02. The molecule has 0 saturated carbocycles. The summed E-state index contributed by atoms with van der Waals surface area (Å²) in [5, 5.41) is 11.6. The molecular weight excluding hydrogens is 499 g/mol. The van der Waals surface area contributed by atoms with Crippen molar-refractivity contribution in [1.82, 2.24) is 5.32 Å². The lowest BCUT2D eigenvalue weighted by Gasteiger charge is -2.39. The van der Waals surface area contributed by atoms with E-state index in [1.54, 1.807) is 32.8 Å². The quantitative estimate of drug-likeness (QED) is 0.330. The normalized spacial score (nSPS) is 10.4. The van der Waals surface area contributed by atoms with Gasteiger partial charge in [0.15, 0.2) is 10.9 Å². The fraction of sp³-hybridized carbons (Fsp3) is 0.407. The number of rotatable bonds is 8. The highest BCUT2D eigenvalue weighted by Crippen LogP contribution is 2.31. The maximum atomic E-state index is 14.9. The van der Waals surface area contributed by atoms with Gasteiger partial charge >= 0.3 is 0 Å². The smallest absolute Gasteiger partial charge is 0.219 e. The highest BCUT2D eigenvalue weighted by atomic mass is 35.5. The highest BCUT2D eigenvalue weighted by molar-refractivity contribution is 7.80. The zero-order chi connectivity index (χ0) is 27.5. The summed E-state index contributed by atoms with van der Waals surface area (Å²) in [4.78, 5) is 26.4. The summed E-state index contributed by atoms with van der Waals surface area (Å²) >= 11 is 11.6. The minimum absolute atomic E-state index is 0.00551. The van der Waals surface area contributed by atoms with Crippen LogP contribution in [0.15, 0.2) is 36.4 Å². The average Bonchev–Trinajstić information content (AvgIpc) is 2.86. The Balaban J connectivity index is 0.00000205. The molecule has 0 saturated heterocycles. The second-order valence-corrected chi connectivity index (χ2v) is 9.46. The molecule has 0 aliphatic carbocycles. The van der Waals surface area contributed by atoms with Crippen molar-refractivity contribution in [2.45, 2.75) is 58.9 Å². The van der Waals surface area contributed by atoms with Crippen molar-refractivity contribution in [1.29, 1.82) is 5.26 Å². The lowest BCUT2D eigenvalue weighted by molar-refractivity contribution is -0.120. The van der Waals surface area contributed by atoms with Crippen molar-refractivity contribution in [3.05, 3.63) is 58.4 Å². The minimum atomic E-state index is -1.03. The Kier molecular flexibility index (Phi) is 12.5. The fourth-order valence-corrected chi connectivity index (χ4v) is 3.91. The summed E-state index contributed by atoms with van der Waals surface area (Å²) in [5.41, 5.74) is 0.768. The van der Waals surface area contributed by atoms with Gasteiger partial charge in [-0.1, -0.05) is 44.0 Å². The number of amides is 1. The van der Waals surface area contributed by atoms with E-state index in [0.29, 0.717) is 18.5 Å². The van der Waals surface area contributed by atoms with E-state index in [1.165, 1.54) is 23.5 Å². The number of halogens is 2. The second-order valence-electron chi connectivity index (χ2n) is 8.72. The highest BCUT2D eigenvalue weighted by Gasteiger charge is 2.33. The van der Waals surface area contributed by atoms with Gasteiger partial charge in [-0.15, -0.1) is 0 Å². The van der Waals surface area contributed by atoms with Gasteiger partial charge in [0.25, 0.3) is 0 Å². The van der Waals surface area contributed by atoms with Gasteiger partial charge < -0.3 is 19.9 Å². The molecule has 2 aromatic carbocycles. The lowest BCUT2D eigenvalue weighted by Crippen LogP contribution is -2.54. The topological polar surface area (TPSA) is 76.4 Å². The number of hydrogen-bond donors (Lipinski definition) is 1. The number of carbonyl (C=O) groups is 2. The van der Waals surface area contributed by atoms with Crippen LogP contribution in [0, 0.1) is 17.1 Å². The molecule has 0 bridgehead atoms. The van der Waals surface area contributed by atoms with E-state index in [1.807, 2.05) is 30.3 Å². The standard InChI is InChI=1S/C24H26ClFN4O2S.C3H8/c1-24(2,15-31)30(18-11-8-16(9-12-18)6-5-7-20(32)28-3)23(33)29(4)19-13-10-17(14-27)21(25)22(19)26;1-3-2/h8-13,15H,5-7H2,1-4H3,(H,28,32);3H2,1-2H3. The van der Waals surface area contributed by atoms with Crippen LogP contribution in [0.5, 0.6) is 0 Å². The molecule has 0 fully saturated rings.